The maximum Gasteiger partial charge on any atom is 0.243 e. The molecular formula is C23H29N7O2. The van der Waals surface area contributed by atoms with Crippen LogP contribution in [0.3, 0.4) is 0 Å². The van der Waals surface area contributed by atoms with Gasteiger partial charge in [-0.25, -0.2) is 9.97 Å². The average molecular weight is 436 g/mol. The molecule has 0 aromatic carbocycles. The lowest BCUT2D eigenvalue weighted by Crippen LogP contribution is -2.50. The van der Waals surface area contributed by atoms with Crippen LogP contribution in [0.2, 0.25) is 0 Å². The Kier molecular flexibility index (Phi) is 4.42. The summed E-state index contributed by atoms with van der Waals surface area (Å²) in [5, 5.41) is 7.83. The number of carbonyl (C=O) groups is 1. The van der Waals surface area contributed by atoms with E-state index in [1.165, 1.54) is 17.7 Å². The van der Waals surface area contributed by atoms with E-state index >= 15 is 0 Å². The highest BCUT2D eigenvalue weighted by Gasteiger charge is 2.53. The molecule has 168 valence electrons. The van der Waals surface area contributed by atoms with Gasteiger partial charge in [-0.3, -0.25) is 14.8 Å². The SMILES string of the molecule is C[C@H](C(=O)N(C)c1cnc2[nH]c(-c3n[nH]c4c3C[C@@H]3C[C@]3(C)C4)nc2c1)N1CCOCC1. The fourth-order valence-electron chi connectivity index (χ4n) is 5.36. The molecule has 0 radical (unpaired) electrons. The number of imidazole rings is 1. The standard InChI is InChI=1S/C23H29N7O2/c1-13(30-4-6-32-7-5-30)22(31)29(3)15-9-17-20(24-12-15)26-21(25-17)19-16-8-14-10-23(14,2)11-18(16)27-28-19/h9,12-14H,4-8,10-11H2,1-3H3,(H,27,28)(H,24,25,26)/t13-,14-,23-/m1/s1. The monoisotopic (exact) mass is 435 g/mol. The molecule has 2 N–H and O–H groups in total. The van der Waals surface area contributed by atoms with Crippen molar-refractivity contribution in [1.29, 1.82) is 0 Å². The van der Waals surface area contributed by atoms with Gasteiger partial charge in [0.15, 0.2) is 11.5 Å². The second-order valence-corrected chi connectivity index (χ2v) is 9.83. The van der Waals surface area contributed by atoms with Crippen LogP contribution in [-0.4, -0.2) is 75.3 Å². The molecule has 4 heterocycles. The number of fused-ring (bicyclic) bond motifs is 3. The number of aromatic nitrogens is 5. The largest absolute Gasteiger partial charge is 0.379 e. The van der Waals surface area contributed by atoms with Gasteiger partial charge in [0, 0.05) is 31.4 Å². The van der Waals surface area contributed by atoms with Crippen molar-refractivity contribution >= 4 is 22.8 Å². The first kappa shape index (κ1) is 19.9. The Bertz CT molecular complexity index is 1190. The van der Waals surface area contributed by atoms with Crippen molar-refractivity contribution in [3.63, 3.8) is 0 Å². The van der Waals surface area contributed by atoms with E-state index in [0.717, 1.165) is 54.6 Å². The van der Waals surface area contributed by atoms with Gasteiger partial charge in [-0.1, -0.05) is 6.92 Å². The third kappa shape index (κ3) is 3.14. The number of amides is 1. The smallest absolute Gasteiger partial charge is 0.243 e. The van der Waals surface area contributed by atoms with Crippen molar-refractivity contribution in [1.82, 2.24) is 30.0 Å². The molecule has 9 nitrogen and oxygen atoms in total. The minimum Gasteiger partial charge on any atom is -0.379 e. The molecule has 3 aromatic rings. The van der Waals surface area contributed by atoms with E-state index < -0.39 is 0 Å². The van der Waals surface area contributed by atoms with Gasteiger partial charge in [0.2, 0.25) is 5.91 Å². The highest BCUT2D eigenvalue weighted by molar-refractivity contribution is 5.97. The molecule has 1 aliphatic heterocycles. The van der Waals surface area contributed by atoms with E-state index in [-0.39, 0.29) is 11.9 Å². The highest BCUT2D eigenvalue weighted by atomic mass is 16.5. The van der Waals surface area contributed by atoms with E-state index in [1.54, 1.807) is 18.1 Å². The Labute approximate surface area is 186 Å². The van der Waals surface area contributed by atoms with Crippen molar-refractivity contribution in [2.45, 2.75) is 39.2 Å². The fourth-order valence-corrected chi connectivity index (χ4v) is 5.36. The summed E-state index contributed by atoms with van der Waals surface area (Å²) in [6, 6.07) is 1.71. The molecule has 6 rings (SSSR count). The predicted octanol–water partition coefficient (Wildman–Crippen LogP) is 2.16. The summed E-state index contributed by atoms with van der Waals surface area (Å²) in [6.07, 6.45) is 5.15. The molecule has 3 atom stereocenters. The first-order chi connectivity index (χ1) is 15.4. The summed E-state index contributed by atoms with van der Waals surface area (Å²) in [7, 11) is 1.80. The van der Waals surface area contributed by atoms with Crippen LogP contribution in [0.4, 0.5) is 5.69 Å². The Morgan fingerprint density at radius 2 is 2.19 bits per heavy atom. The summed E-state index contributed by atoms with van der Waals surface area (Å²) in [5.74, 6) is 1.54. The maximum absolute atomic E-state index is 13.1. The van der Waals surface area contributed by atoms with Crippen LogP contribution in [0, 0.1) is 11.3 Å². The molecule has 32 heavy (non-hydrogen) atoms. The van der Waals surface area contributed by atoms with E-state index in [1.807, 2.05) is 13.0 Å². The molecule has 2 aliphatic carbocycles. The number of pyridine rings is 1. The number of ether oxygens (including phenoxy) is 1. The zero-order chi connectivity index (χ0) is 22.0. The van der Waals surface area contributed by atoms with Crippen LogP contribution in [0.1, 0.15) is 31.5 Å². The normalized spacial score (nSPS) is 25.9. The van der Waals surface area contributed by atoms with Crippen LogP contribution in [-0.2, 0) is 22.4 Å². The second-order valence-electron chi connectivity index (χ2n) is 9.83. The first-order valence-electron chi connectivity index (χ1n) is 11.4. The van der Waals surface area contributed by atoms with Gasteiger partial charge in [-0.2, -0.15) is 5.10 Å². The van der Waals surface area contributed by atoms with E-state index in [2.05, 4.69) is 32.0 Å². The van der Waals surface area contributed by atoms with Crippen LogP contribution in [0.25, 0.3) is 22.7 Å². The number of aromatic amines is 2. The number of anilines is 1. The van der Waals surface area contributed by atoms with Crippen LogP contribution in [0.5, 0.6) is 0 Å². The maximum atomic E-state index is 13.1. The number of H-pyrrole nitrogens is 2. The zero-order valence-electron chi connectivity index (χ0n) is 18.8. The number of rotatable bonds is 4. The molecule has 9 heteroatoms. The third-order valence-electron chi connectivity index (χ3n) is 7.74. The molecule has 1 saturated carbocycles. The minimum absolute atomic E-state index is 0.0395. The molecule has 0 spiro atoms. The molecule has 3 aromatic heterocycles. The molecule has 0 unspecified atom stereocenters. The number of carbonyl (C=O) groups excluding carboxylic acids is 1. The summed E-state index contributed by atoms with van der Waals surface area (Å²) in [4.78, 5) is 29.6. The number of likely N-dealkylation sites (N-methyl/N-ethyl adjacent to an activating group) is 1. The molecular weight excluding hydrogens is 406 g/mol. The lowest BCUT2D eigenvalue weighted by molar-refractivity contribution is -0.124. The number of hydrogen-bond donors (Lipinski definition) is 2. The number of morpholine rings is 1. The van der Waals surface area contributed by atoms with Gasteiger partial charge < -0.3 is 14.6 Å². The topological polar surface area (TPSA) is 103 Å². The number of hydrogen-bond acceptors (Lipinski definition) is 6. The van der Waals surface area contributed by atoms with Crippen molar-refractivity contribution in [2.75, 3.05) is 38.3 Å². The van der Waals surface area contributed by atoms with E-state index in [9.17, 15) is 4.79 Å². The van der Waals surface area contributed by atoms with Crippen molar-refractivity contribution in [3.05, 3.63) is 23.5 Å². The Morgan fingerprint density at radius 1 is 1.38 bits per heavy atom. The van der Waals surface area contributed by atoms with Crippen molar-refractivity contribution < 1.29 is 9.53 Å². The lowest BCUT2D eigenvalue weighted by Gasteiger charge is -2.33. The first-order valence-corrected chi connectivity index (χ1v) is 11.4. The van der Waals surface area contributed by atoms with Gasteiger partial charge in [0.1, 0.15) is 11.2 Å². The molecule has 0 bridgehead atoms. The van der Waals surface area contributed by atoms with Crippen LogP contribution in [0.15, 0.2) is 12.3 Å². The van der Waals surface area contributed by atoms with Gasteiger partial charge >= 0.3 is 0 Å². The summed E-state index contributed by atoms with van der Waals surface area (Å²) in [5.41, 5.74) is 6.06. The summed E-state index contributed by atoms with van der Waals surface area (Å²) in [6.45, 7) is 7.20. The minimum atomic E-state index is -0.210. The summed E-state index contributed by atoms with van der Waals surface area (Å²) >= 11 is 0. The highest BCUT2D eigenvalue weighted by Crippen LogP contribution is 2.59. The van der Waals surface area contributed by atoms with E-state index in [4.69, 9.17) is 9.72 Å². The Balaban J connectivity index is 1.25. The van der Waals surface area contributed by atoms with Crippen LogP contribution >= 0.6 is 0 Å². The summed E-state index contributed by atoms with van der Waals surface area (Å²) < 4.78 is 5.41. The quantitative estimate of drug-likeness (QED) is 0.651. The van der Waals surface area contributed by atoms with Gasteiger partial charge in [0.25, 0.3) is 0 Å². The van der Waals surface area contributed by atoms with Crippen molar-refractivity contribution in [2.24, 2.45) is 11.3 Å². The fraction of sp³-hybridized carbons (Fsp3) is 0.565. The second kappa shape index (κ2) is 7.11. The van der Waals surface area contributed by atoms with Crippen molar-refractivity contribution in [3.8, 4) is 11.5 Å². The number of nitrogens with zero attached hydrogens (tertiary/aromatic N) is 5. The lowest BCUT2D eigenvalue weighted by atomic mass is 9.88. The Hall–Kier alpha value is -2.78. The third-order valence-corrected chi connectivity index (χ3v) is 7.74. The molecule has 1 amide bonds. The molecule has 2 fully saturated rings. The molecule has 1 saturated heterocycles. The van der Waals surface area contributed by atoms with Crippen LogP contribution < -0.4 is 4.90 Å². The van der Waals surface area contributed by atoms with E-state index in [0.29, 0.717) is 24.3 Å². The Morgan fingerprint density at radius 3 is 3.00 bits per heavy atom. The van der Waals surface area contributed by atoms with Gasteiger partial charge in [-0.15, -0.1) is 0 Å². The van der Waals surface area contributed by atoms with Gasteiger partial charge in [0.05, 0.1) is 31.1 Å². The predicted molar refractivity (Wildman–Crippen MR) is 120 cm³/mol. The zero-order valence-corrected chi connectivity index (χ0v) is 18.8. The molecule has 3 aliphatic rings. The number of nitrogens with one attached hydrogen (secondary N) is 2. The van der Waals surface area contributed by atoms with Gasteiger partial charge in [-0.05, 0) is 43.6 Å². The average Bonchev–Trinajstić information content (AvgIpc) is 3.11.